The van der Waals surface area contributed by atoms with Gasteiger partial charge in [-0.25, -0.2) is 4.57 Å². The van der Waals surface area contributed by atoms with Gasteiger partial charge in [0.25, 0.3) is 0 Å². The van der Waals surface area contributed by atoms with Gasteiger partial charge in [0, 0.05) is 0 Å². The molecule has 0 aliphatic heterocycles. The van der Waals surface area contributed by atoms with Gasteiger partial charge in [0.1, 0.15) is 24.4 Å². The molecular weight excluding hydrogens is 263 g/mol. The fourth-order valence-electron chi connectivity index (χ4n) is 0.782. The van der Waals surface area contributed by atoms with Crippen molar-refractivity contribution in [1.82, 2.24) is 0 Å². The third kappa shape index (κ3) is 7.49. The van der Waals surface area contributed by atoms with Crippen LogP contribution in [-0.2, 0) is 13.9 Å². The Kier molecular flexibility index (Phi) is 8.71. The molecule has 0 radical (unpaired) electrons. The summed E-state index contributed by atoms with van der Waals surface area (Å²) in [6.07, 6.45) is -7.80. The number of carbonyl (C=O) groups excluding carboxylic acids is 1. The number of hydrogen-bond donors (Lipinski definition) is 6. The van der Waals surface area contributed by atoms with Crippen molar-refractivity contribution in [3.05, 3.63) is 0 Å². The fourth-order valence-corrected chi connectivity index (χ4v) is 1.13. The standard InChI is InChI=1S/C6H13O9P.H2O/c7-1-3(8)5(10)6(11)4(9)2-15-16(12,13)14;/h1,3-6,8-11H,2H2,(H2,12,13,14);1H2/t3-,4+,5+,6+;/m0./s1. The predicted octanol–water partition coefficient (Wildman–Crippen LogP) is -4.09. The number of rotatable bonds is 7. The molecule has 0 saturated heterocycles. The highest BCUT2D eigenvalue weighted by Crippen LogP contribution is 2.35. The van der Waals surface area contributed by atoms with Crippen LogP contribution in [0.1, 0.15) is 0 Å². The molecule has 0 aliphatic rings. The largest absolute Gasteiger partial charge is 0.469 e. The zero-order valence-electron chi connectivity index (χ0n) is 8.45. The SMILES string of the molecule is O.O=C[C@H](O)[C@@H](O)[C@H](O)[C@H](O)COP(=O)(O)O. The van der Waals surface area contributed by atoms with Crippen molar-refractivity contribution in [1.29, 1.82) is 0 Å². The average Bonchev–Trinajstić information content (AvgIpc) is 2.21. The van der Waals surface area contributed by atoms with Gasteiger partial charge < -0.3 is 40.5 Å². The molecule has 0 aliphatic carbocycles. The number of aliphatic hydroxyl groups is 4. The van der Waals surface area contributed by atoms with Gasteiger partial charge in [0.2, 0.25) is 0 Å². The van der Waals surface area contributed by atoms with Crippen LogP contribution in [0.4, 0.5) is 0 Å². The molecule has 0 fully saturated rings. The molecule has 11 heteroatoms. The molecule has 0 saturated carbocycles. The quantitative estimate of drug-likeness (QED) is 0.198. The maximum Gasteiger partial charge on any atom is 0.469 e. The van der Waals surface area contributed by atoms with E-state index >= 15 is 0 Å². The smallest absolute Gasteiger partial charge is 0.412 e. The topological polar surface area (TPSA) is 196 Å². The van der Waals surface area contributed by atoms with Crippen LogP contribution in [0.3, 0.4) is 0 Å². The van der Waals surface area contributed by atoms with Crippen LogP contribution in [0.25, 0.3) is 0 Å². The summed E-state index contributed by atoms with van der Waals surface area (Å²) in [5.74, 6) is 0. The molecule has 0 aromatic heterocycles. The molecule has 0 unspecified atom stereocenters. The van der Waals surface area contributed by atoms with E-state index in [1.54, 1.807) is 0 Å². The average molecular weight is 278 g/mol. The molecular formula is C6H15O10P. The lowest BCUT2D eigenvalue weighted by atomic mass is 10.0. The van der Waals surface area contributed by atoms with Gasteiger partial charge in [-0.3, -0.25) is 4.52 Å². The molecule has 0 aromatic rings. The van der Waals surface area contributed by atoms with Crippen LogP contribution in [0.2, 0.25) is 0 Å². The summed E-state index contributed by atoms with van der Waals surface area (Å²) < 4.78 is 14.1. The van der Waals surface area contributed by atoms with Crippen molar-refractivity contribution in [2.45, 2.75) is 24.4 Å². The first-order chi connectivity index (χ1) is 7.19. The van der Waals surface area contributed by atoms with E-state index in [1.807, 2.05) is 0 Å². The monoisotopic (exact) mass is 278 g/mol. The molecule has 0 bridgehead atoms. The number of phosphoric ester groups is 1. The van der Waals surface area contributed by atoms with Gasteiger partial charge in [-0.05, 0) is 0 Å². The van der Waals surface area contributed by atoms with Crippen LogP contribution >= 0.6 is 7.82 Å². The minimum atomic E-state index is -4.80. The Balaban J connectivity index is 0. The lowest BCUT2D eigenvalue weighted by Gasteiger charge is -2.23. The van der Waals surface area contributed by atoms with E-state index in [2.05, 4.69) is 4.52 Å². The second-order valence-electron chi connectivity index (χ2n) is 2.96. The molecule has 8 N–H and O–H groups in total. The normalized spacial score (nSPS) is 18.7. The van der Waals surface area contributed by atoms with Gasteiger partial charge in [-0.2, -0.15) is 0 Å². The number of phosphoric acid groups is 1. The molecule has 0 spiro atoms. The Morgan fingerprint density at radius 1 is 1.12 bits per heavy atom. The third-order valence-corrected chi connectivity index (χ3v) is 2.13. The van der Waals surface area contributed by atoms with Crippen LogP contribution in [0, 0.1) is 0 Å². The summed E-state index contributed by atoms with van der Waals surface area (Å²) in [5, 5.41) is 36.1. The first-order valence-corrected chi connectivity index (χ1v) is 5.59. The van der Waals surface area contributed by atoms with Crippen molar-refractivity contribution in [2.75, 3.05) is 6.61 Å². The summed E-state index contributed by atoms with van der Waals surface area (Å²) in [5.41, 5.74) is 0. The molecule has 104 valence electrons. The number of hydrogen-bond acceptors (Lipinski definition) is 7. The molecule has 10 nitrogen and oxygen atoms in total. The lowest BCUT2D eigenvalue weighted by Crippen LogP contribution is -2.46. The highest BCUT2D eigenvalue weighted by atomic mass is 31.2. The van der Waals surface area contributed by atoms with Gasteiger partial charge >= 0.3 is 7.82 Å². The summed E-state index contributed by atoms with van der Waals surface area (Å²) in [4.78, 5) is 26.6. The van der Waals surface area contributed by atoms with E-state index in [0.717, 1.165) is 0 Å². The first kappa shape index (κ1) is 18.9. The van der Waals surface area contributed by atoms with Crippen molar-refractivity contribution in [3.8, 4) is 0 Å². The third-order valence-electron chi connectivity index (χ3n) is 1.65. The summed E-state index contributed by atoms with van der Waals surface area (Å²) in [7, 11) is -4.80. The van der Waals surface area contributed by atoms with E-state index in [1.165, 1.54) is 0 Å². The van der Waals surface area contributed by atoms with E-state index in [4.69, 9.17) is 30.2 Å². The van der Waals surface area contributed by atoms with Crippen molar-refractivity contribution in [3.63, 3.8) is 0 Å². The van der Waals surface area contributed by atoms with E-state index in [0.29, 0.717) is 0 Å². The number of carbonyl (C=O) groups is 1. The van der Waals surface area contributed by atoms with E-state index in [9.17, 15) is 9.36 Å². The van der Waals surface area contributed by atoms with Crippen molar-refractivity contribution >= 4 is 14.1 Å². The van der Waals surface area contributed by atoms with Gasteiger partial charge in [0.05, 0.1) is 6.61 Å². The van der Waals surface area contributed by atoms with Crippen LogP contribution in [0.15, 0.2) is 0 Å². The van der Waals surface area contributed by atoms with Crippen molar-refractivity contribution < 1.29 is 49.6 Å². The minimum Gasteiger partial charge on any atom is -0.412 e. The van der Waals surface area contributed by atoms with Gasteiger partial charge in [0.15, 0.2) is 6.29 Å². The fraction of sp³-hybridized carbons (Fsp3) is 0.833. The van der Waals surface area contributed by atoms with Crippen LogP contribution in [0.5, 0.6) is 0 Å². The number of aliphatic hydroxyl groups excluding tert-OH is 4. The summed E-state index contributed by atoms with van der Waals surface area (Å²) >= 11 is 0. The molecule has 17 heavy (non-hydrogen) atoms. The van der Waals surface area contributed by atoms with E-state index < -0.39 is 38.8 Å². The maximum atomic E-state index is 10.2. The molecule has 0 rings (SSSR count). The van der Waals surface area contributed by atoms with Crippen LogP contribution in [-0.4, -0.2) is 73.0 Å². The summed E-state index contributed by atoms with van der Waals surface area (Å²) in [6.45, 7) is -0.964. The Bertz CT molecular complexity index is 264. The Morgan fingerprint density at radius 3 is 1.94 bits per heavy atom. The van der Waals surface area contributed by atoms with E-state index in [-0.39, 0.29) is 11.8 Å². The molecule has 0 aromatic carbocycles. The first-order valence-electron chi connectivity index (χ1n) is 4.06. The molecule has 0 amide bonds. The molecule has 0 heterocycles. The summed E-state index contributed by atoms with van der Waals surface area (Å²) in [6, 6.07) is 0. The lowest BCUT2D eigenvalue weighted by molar-refractivity contribution is -0.136. The Morgan fingerprint density at radius 2 is 1.59 bits per heavy atom. The minimum absolute atomic E-state index is 0. The number of aldehydes is 1. The Hall–Kier alpha value is -0.420. The molecule has 4 atom stereocenters. The zero-order valence-corrected chi connectivity index (χ0v) is 9.34. The highest BCUT2D eigenvalue weighted by Gasteiger charge is 2.31. The maximum absolute atomic E-state index is 10.2. The second kappa shape index (κ2) is 7.82. The van der Waals surface area contributed by atoms with Crippen molar-refractivity contribution in [2.24, 2.45) is 0 Å². The van der Waals surface area contributed by atoms with Gasteiger partial charge in [-0.15, -0.1) is 0 Å². The zero-order chi connectivity index (χ0) is 12.9. The van der Waals surface area contributed by atoms with Gasteiger partial charge in [-0.1, -0.05) is 0 Å². The Labute approximate surface area is 95.6 Å². The predicted molar refractivity (Wildman–Crippen MR) is 51.7 cm³/mol. The second-order valence-corrected chi connectivity index (χ2v) is 4.20. The van der Waals surface area contributed by atoms with Crippen LogP contribution < -0.4 is 0 Å². The highest BCUT2D eigenvalue weighted by molar-refractivity contribution is 7.46.